The standard InChI is InChI=1S/C23H31N3O3S/c1-16-25-19(14-30-16)18-9-7-17(8-10-18)13-20(27)26-23(11-5-6-12-23)15-24-21(28)29-22(2,3)4/h7-10,14H,5-6,11-13,15H2,1-4H3,(H,24,28)(H,26,27). The molecule has 0 unspecified atom stereocenters. The first-order valence-corrected chi connectivity index (χ1v) is 11.3. The molecule has 1 aliphatic rings. The highest BCUT2D eigenvalue weighted by atomic mass is 32.1. The minimum absolute atomic E-state index is 0.0276. The second-order valence-electron chi connectivity index (χ2n) is 9.02. The van der Waals surface area contributed by atoms with E-state index in [1.54, 1.807) is 11.3 Å². The summed E-state index contributed by atoms with van der Waals surface area (Å²) in [7, 11) is 0. The lowest BCUT2D eigenvalue weighted by atomic mass is 9.96. The Hall–Kier alpha value is -2.41. The normalized spacial score (nSPS) is 15.6. The fourth-order valence-electron chi connectivity index (χ4n) is 3.77. The number of carbonyl (C=O) groups excluding carboxylic acids is 2. The SMILES string of the molecule is Cc1nc(-c2ccc(CC(=O)NC3(CNC(=O)OC(C)(C)C)CCCC3)cc2)cs1. The number of hydrogen-bond acceptors (Lipinski definition) is 5. The molecule has 1 aromatic carbocycles. The van der Waals surface area contributed by atoms with Crippen molar-refractivity contribution in [1.29, 1.82) is 0 Å². The number of hydrogen-bond donors (Lipinski definition) is 2. The molecular formula is C23H31N3O3S. The highest BCUT2D eigenvalue weighted by molar-refractivity contribution is 7.09. The molecule has 0 bridgehead atoms. The number of benzene rings is 1. The second-order valence-corrected chi connectivity index (χ2v) is 10.1. The molecule has 0 atom stereocenters. The lowest BCUT2D eigenvalue weighted by Gasteiger charge is -2.31. The van der Waals surface area contributed by atoms with Crippen LogP contribution in [0.3, 0.4) is 0 Å². The maximum absolute atomic E-state index is 12.7. The number of nitrogens with zero attached hydrogens (tertiary/aromatic N) is 1. The molecule has 1 heterocycles. The van der Waals surface area contributed by atoms with Crippen molar-refractivity contribution in [2.45, 2.75) is 70.9 Å². The van der Waals surface area contributed by atoms with Gasteiger partial charge in [-0.15, -0.1) is 11.3 Å². The van der Waals surface area contributed by atoms with Gasteiger partial charge in [0.1, 0.15) is 5.60 Å². The van der Waals surface area contributed by atoms with Crippen molar-refractivity contribution < 1.29 is 14.3 Å². The van der Waals surface area contributed by atoms with Crippen LogP contribution in [0.2, 0.25) is 0 Å². The third kappa shape index (κ3) is 6.29. The van der Waals surface area contributed by atoms with Crippen molar-refractivity contribution in [2.24, 2.45) is 0 Å². The maximum atomic E-state index is 12.7. The van der Waals surface area contributed by atoms with Crippen molar-refractivity contribution in [2.75, 3.05) is 6.54 Å². The zero-order chi connectivity index (χ0) is 21.8. The molecule has 1 fully saturated rings. The monoisotopic (exact) mass is 429 g/mol. The Balaban J connectivity index is 1.56. The molecule has 3 rings (SSSR count). The highest BCUT2D eigenvalue weighted by Crippen LogP contribution is 2.29. The first-order valence-electron chi connectivity index (χ1n) is 10.4. The van der Waals surface area contributed by atoms with Gasteiger partial charge in [0.05, 0.1) is 22.7 Å². The average molecular weight is 430 g/mol. The van der Waals surface area contributed by atoms with Crippen molar-refractivity contribution in [3.63, 3.8) is 0 Å². The van der Waals surface area contributed by atoms with Gasteiger partial charge in [-0.2, -0.15) is 0 Å². The van der Waals surface area contributed by atoms with Gasteiger partial charge in [-0.3, -0.25) is 4.79 Å². The van der Waals surface area contributed by atoms with Crippen LogP contribution in [-0.2, 0) is 16.0 Å². The average Bonchev–Trinajstić information content (AvgIpc) is 3.29. The minimum atomic E-state index is -0.542. The predicted molar refractivity (Wildman–Crippen MR) is 120 cm³/mol. The number of nitrogens with one attached hydrogen (secondary N) is 2. The van der Waals surface area contributed by atoms with Crippen LogP contribution in [-0.4, -0.2) is 34.7 Å². The Bertz CT molecular complexity index is 878. The molecule has 7 heteroatoms. The van der Waals surface area contributed by atoms with Crippen LogP contribution in [0.4, 0.5) is 4.79 Å². The van der Waals surface area contributed by atoms with E-state index in [2.05, 4.69) is 15.6 Å². The van der Waals surface area contributed by atoms with Crippen LogP contribution in [0.5, 0.6) is 0 Å². The quantitative estimate of drug-likeness (QED) is 0.702. The second kappa shape index (κ2) is 9.16. The lowest BCUT2D eigenvalue weighted by molar-refractivity contribution is -0.122. The van der Waals surface area contributed by atoms with Crippen LogP contribution >= 0.6 is 11.3 Å². The van der Waals surface area contributed by atoms with E-state index in [0.717, 1.165) is 47.5 Å². The number of thiazole rings is 1. The molecule has 30 heavy (non-hydrogen) atoms. The van der Waals surface area contributed by atoms with Gasteiger partial charge in [-0.05, 0) is 46.1 Å². The van der Waals surface area contributed by atoms with Crippen LogP contribution in [0.15, 0.2) is 29.6 Å². The zero-order valence-corrected chi connectivity index (χ0v) is 19.0. The summed E-state index contributed by atoms with van der Waals surface area (Å²) in [6.45, 7) is 7.88. The topological polar surface area (TPSA) is 80.3 Å². The van der Waals surface area contributed by atoms with E-state index in [1.807, 2.05) is 57.3 Å². The summed E-state index contributed by atoms with van der Waals surface area (Å²) in [6, 6.07) is 7.97. The van der Waals surface area contributed by atoms with Gasteiger partial charge in [-0.25, -0.2) is 9.78 Å². The summed E-state index contributed by atoms with van der Waals surface area (Å²) >= 11 is 1.63. The number of aromatic nitrogens is 1. The molecule has 162 valence electrons. The third-order valence-corrected chi connectivity index (χ3v) is 5.94. The smallest absolute Gasteiger partial charge is 0.407 e. The van der Waals surface area contributed by atoms with Gasteiger partial charge >= 0.3 is 6.09 Å². The summed E-state index contributed by atoms with van der Waals surface area (Å²) in [4.78, 5) is 29.3. The van der Waals surface area contributed by atoms with Crippen molar-refractivity contribution in [3.05, 3.63) is 40.2 Å². The largest absolute Gasteiger partial charge is 0.444 e. The van der Waals surface area contributed by atoms with E-state index in [4.69, 9.17) is 4.74 Å². The van der Waals surface area contributed by atoms with Crippen LogP contribution in [0.25, 0.3) is 11.3 Å². The van der Waals surface area contributed by atoms with E-state index in [0.29, 0.717) is 13.0 Å². The minimum Gasteiger partial charge on any atom is -0.444 e. The van der Waals surface area contributed by atoms with Gasteiger partial charge in [-0.1, -0.05) is 37.1 Å². The summed E-state index contributed by atoms with van der Waals surface area (Å²) in [5.74, 6) is -0.0276. The Morgan fingerprint density at radius 1 is 1.17 bits per heavy atom. The molecular weight excluding hydrogens is 398 g/mol. The first-order chi connectivity index (χ1) is 14.1. The predicted octanol–water partition coefficient (Wildman–Crippen LogP) is 4.61. The summed E-state index contributed by atoms with van der Waals surface area (Å²) in [6.07, 6.45) is 3.66. The van der Waals surface area contributed by atoms with E-state index < -0.39 is 17.2 Å². The number of ether oxygens (including phenoxy) is 1. The molecule has 0 aliphatic heterocycles. The van der Waals surface area contributed by atoms with Crippen LogP contribution in [0.1, 0.15) is 57.0 Å². The number of aryl methyl sites for hydroxylation is 1. The molecule has 1 aliphatic carbocycles. The molecule has 1 saturated carbocycles. The number of carbonyl (C=O) groups is 2. The Morgan fingerprint density at radius 2 is 1.83 bits per heavy atom. The van der Waals surface area contributed by atoms with Crippen molar-refractivity contribution in [1.82, 2.24) is 15.6 Å². The van der Waals surface area contributed by atoms with Gasteiger partial charge in [0, 0.05) is 17.5 Å². The summed E-state index contributed by atoms with van der Waals surface area (Å²) < 4.78 is 5.33. The lowest BCUT2D eigenvalue weighted by Crippen LogP contribution is -2.54. The summed E-state index contributed by atoms with van der Waals surface area (Å²) in [5.41, 5.74) is 2.03. The Labute approximate surface area is 182 Å². The summed E-state index contributed by atoms with van der Waals surface area (Å²) in [5, 5.41) is 9.10. The number of rotatable bonds is 6. The first kappa shape index (κ1) is 22.3. The third-order valence-electron chi connectivity index (χ3n) is 5.17. The van der Waals surface area contributed by atoms with Gasteiger partial charge < -0.3 is 15.4 Å². The van der Waals surface area contributed by atoms with Crippen molar-refractivity contribution in [3.8, 4) is 11.3 Å². The molecule has 0 radical (unpaired) electrons. The number of amides is 2. The molecule has 1 aromatic heterocycles. The van der Waals surface area contributed by atoms with Crippen molar-refractivity contribution >= 4 is 23.3 Å². The van der Waals surface area contributed by atoms with E-state index >= 15 is 0 Å². The molecule has 2 N–H and O–H groups in total. The maximum Gasteiger partial charge on any atom is 0.407 e. The molecule has 0 saturated heterocycles. The number of alkyl carbamates (subject to hydrolysis) is 1. The molecule has 0 spiro atoms. The zero-order valence-electron chi connectivity index (χ0n) is 18.2. The van der Waals surface area contributed by atoms with E-state index in [9.17, 15) is 9.59 Å². The Kier molecular flexibility index (Phi) is 6.81. The van der Waals surface area contributed by atoms with E-state index in [1.165, 1.54) is 0 Å². The van der Waals surface area contributed by atoms with Crippen LogP contribution in [0, 0.1) is 6.92 Å². The fourth-order valence-corrected chi connectivity index (χ4v) is 4.39. The highest BCUT2D eigenvalue weighted by Gasteiger charge is 2.36. The van der Waals surface area contributed by atoms with Crippen LogP contribution < -0.4 is 10.6 Å². The van der Waals surface area contributed by atoms with Gasteiger partial charge in [0.25, 0.3) is 0 Å². The molecule has 2 aromatic rings. The molecule has 2 amide bonds. The fraction of sp³-hybridized carbons (Fsp3) is 0.522. The Morgan fingerprint density at radius 3 is 2.40 bits per heavy atom. The van der Waals surface area contributed by atoms with E-state index in [-0.39, 0.29) is 5.91 Å². The van der Waals surface area contributed by atoms with Gasteiger partial charge in [0.15, 0.2) is 0 Å². The molecule has 6 nitrogen and oxygen atoms in total. The van der Waals surface area contributed by atoms with Gasteiger partial charge in [0.2, 0.25) is 5.91 Å².